The fraction of sp³-hybridized carbons (Fsp3) is 0.304. The van der Waals surface area contributed by atoms with Crippen molar-refractivity contribution in [3.05, 3.63) is 82.1 Å². The van der Waals surface area contributed by atoms with Gasteiger partial charge in [0.2, 0.25) is 0 Å². The SMILES string of the molecule is O=C(c1cccc(OCc2cscn2)c1)N1CCCN(Cc2ccc(F)cc2)CC1. The molecule has 0 unspecified atom stereocenters. The summed E-state index contributed by atoms with van der Waals surface area (Å²) in [7, 11) is 0. The van der Waals surface area contributed by atoms with Gasteiger partial charge in [0.25, 0.3) is 5.91 Å². The zero-order valence-corrected chi connectivity index (χ0v) is 17.5. The lowest BCUT2D eigenvalue weighted by atomic mass is 10.2. The molecule has 2 aromatic carbocycles. The van der Waals surface area contributed by atoms with Crippen LogP contribution in [0.15, 0.2) is 59.4 Å². The van der Waals surface area contributed by atoms with Crippen LogP contribution in [0, 0.1) is 5.82 Å². The Labute approximate surface area is 179 Å². The second-order valence-corrected chi connectivity index (χ2v) is 8.06. The van der Waals surface area contributed by atoms with Crippen molar-refractivity contribution < 1.29 is 13.9 Å². The summed E-state index contributed by atoms with van der Waals surface area (Å²) in [6.45, 7) is 4.26. The standard InChI is InChI=1S/C23H24FN3O2S/c24-20-7-5-18(6-8-20)14-26-9-2-10-27(12-11-26)23(28)19-3-1-4-22(13-19)29-15-21-16-30-17-25-21/h1,3-8,13,16-17H,2,9-12,14-15H2. The summed E-state index contributed by atoms with van der Waals surface area (Å²) >= 11 is 1.53. The number of hydrogen-bond donors (Lipinski definition) is 0. The number of ether oxygens (including phenoxy) is 1. The molecule has 156 valence electrons. The van der Waals surface area contributed by atoms with Crippen LogP contribution >= 0.6 is 11.3 Å². The van der Waals surface area contributed by atoms with Gasteiger partial charge in [0, 0.05) is 43.7 Å². The van der Waals surface area contributed by atoms with Crippen LogP contribution in [0.3, 0.4) is 0 Å². The van der Waals surface area contributed by atoms with Crippen molar-refractivity contribution in [1.29, 1.82) is 0 Å². The van der Waals surface area contributed by atoms with E-state index in [2.05, 4.69) is 9.88 Å². The highest BCUT2D eigenvalue weighted by atomic mass is 32.1. The molecule has 1 aliphatic heterocycles. The van der Waals surface area contributed by atoms with Crippen LogP contribution in [0.25, 0.3) is 0 Å². The number of halogens is 1. The van der Waals surface area contributed by atoms with Gasteiger partial charge in [0.05, 0.1) is 11.2 Å². The first-order chi connectivity index (χ1) is 14.7. The highest BCUT2D eigenvalue weighted by Crippen LogP contribution is 2.18. The number of nitrogens with zero attached hydrogens (tertiary/aromatic N) is 3. The van der Waals surface area contributed by atoms with Gasteiger partial charge in [-0.3, -0.25) is 9.69 Å². The number of benzene rings is 2. The topological polar surface area (TPSA) is 45.7 Å². The maximum absolute atomic E-state index is 13.1. The summed E-state index contributed by atoms with van der Waals surface area (Å²) in [5.41, 5.74) is 4.38. The van der Waals surface area contributed by atoms with E-state index in [0.717, 1.165) is 43.9 Å². The minimum Gasteiger partial charge on any atom is -0.487 e. The molecule has 0 spiro atoms. The minimum atomic E-state index is -0.218. The normalized spacial score (nSPS) is 15.0. The molecule has 7 heteroatoms. The van der Waals surface area contributed by atoms with E-state index in [0.29, 0.717) is 24.5 Å². The predicted molar refractivity (Wildman–Crippen MR) is 115 cm³/mol. The molecule has 0 atom stereocenters. The minimum absolute atomic E-state index is 0.0257. The Morgan fingerprint density at radius 3 is 2.77 bits per heavy atom. The van der Waals surface area contributed by atoms with Gasteiger partial charge in [0.15, 0.2) is 0 Å². The number of carbonyl (C=O) groups is 1. The molecule has 5 nitrogen and oxygen atoms in total. The van der Waals surface area contributed by atoms with Crippen LogP contribution in [-0.4, -0.2) is 46.9 Å². The van der Waals surface area contributed by atoms with Crippen LogP contribution in [0.1, 0.15) is 28.0 Å². The molecule has 0 N–H and O–H groups in total. The molecule has 0 aliphatic carbocycles. The van der Waals surface area contributed by atoms with E-state index in [1.54, 1.807) is 11.6 Å². The summed E-state index contributed by atoms with van der Waals surface area (Å²) in [5, 5.41) is 1.95. The van der Waals surface area contributed by atoms with E-state index < -0.39 is 0 Å². The van der Waals surface area contributed by atoms with Crippen molar-refractivity contribution in [2.24, 2.45) is 0 Å². The Kier molecular flexibility index (Phi) is 6.71. The molecule has 30 heavy (non-hydrogen) atoms. The van der Waals surface area contributed by atoms with Crippen LogP contribution in [0.5, 0.6) is 5.75 Å². The number of aromatic nitrogens is 1. The van der Waals surface area contributed by atoms with Gasteiger partial charge in [-0.05, 0) is 42.3 Å². The van der Waals surface area contributed by atoms with Crippen molar-refractivity contribution in [3.8, 4) is 5.75 Å². The monoisotopic (exact) mass is 425 g/mol. The third kappa shape index (κ3) is 5.43. The van der Waals surface area contributed by atoms with Crippen LogP contribution in [-0.2, 0) is 13.2 Å². The molecule has 4 rings (SSSR count). The van der Waals surface area contributed by atoms with E-state index >= 15 is 0 Å². The molecule has 3 aromatic rings. The molecule has 1 saturated heterocycles. The average Bonchev–Trinajstić information content (AvgIpc) is 3.19. The van der Waals surface area contributed by atoms with Gasteiger partial charge in [-0.1, -0.05) is 18.2 Å². The zero-order chi connectivity index (χ0) is 20.8. The van der Waals surface area contributed by atoms with Crippen molar-refractivity contribution in [2.75, 3.05) is 26.2 Å². The fourth-order valence-electron chi connectivity index (χ4n) is 3.55. The first kappa shape index (κ1) is 20.5. The predicted octanol–water partition coefficient (Wildman–Crippen LogP) is 4.21. The molecule has 1 aromatic heterocycles. The molecular formula is C23H24FN3O2S. The molecule has 0 bridgehead atoms. The van der Waals surface area contributed by atoms with Gasteiger partial charge in [-0.15, -0.1) is 11.3 Å². The Bertz CT molecular complexity index is 963. The maximum atomic E-state index is 13.1. The highest BCUT2D eigenvalue weighted by Gasteiger charge is 2.21. The van der Waals surface area contributed by atoms with Gasteiger partial charge in [0.1, 0.15) is 18.2 Å². The van der Waals surface area contributed by atoms with E-state index in [4.69, 9.17) is 4.74 Å². The summed E-state index contributed by atoms with van der Waals surface area (Å²) in [6, 6.07) is 14.0. The molecule has 1 fully saturated rings. The van der Waals surface area contributed by atoms with Crippen LogP contribution < -0.4 is 4.74 Å². The molecule has 0 saturated carbocycles. The molecule has 1 aliphatic rings. The van der Waals surface area contributed by atoms with E-state index in [9.17, 15) is 9.18 Å². The van der Waals surface area contributed by atoms with Gasteiger partial charge >= 0.3 is 0 Å². The lowest BCUT2D eigenvalue weighted by Gasteiger charge is -2.22. The van der Waals surface area contributed by atoms with Crippen LogP contribution in [0.2, 0.25) is 0 Å². The Morgan fingerprint density at radius 1 is 1.10 bits per heavy atom. The summed E-state index contributed by atoms with van der Waals surface area (Å²) in [4.78, 5) is 21.5. The Balaban J connectivity index is 1.34. The van der Waals surface area contributed by atoms with E-state index in [-0.39, 0.29) is 11.7 Å². The number of rotatable bonds is 6. The smallest absolute Gasteiger partial charge is 0.254 e. The second-order valence-electron chi connectivity index (χ2n) is 7.34. The first-order valence-corrected chi connectivity index (χ1v) is 11.0. The lowest BCUT2D eigenvalue weighted by molar-refractivity contribution is 0.0760. The zero-order valence-electron chi connectivity index (χ0n) is 16.7. The van der Waals surface area contributed by atoms with Crippen molar-refractivity contribution in [3.63, 3.8) is 0 Å². The third-order valence-electron chi connectivity index (χ3n) is 5.15. The first-order valence-electron chi connectivity index (χ1n) is 10.0. The van der Waals surface area contributed by atoms with Gasteiger partial charge in [-0.2, -0.15) is 0 Å². The maximum Gasteiger partial charge on any atom is 0.254 e. The second kappa shape index (κ2) is 9.82. The lowest BCUT2D eigenvalue weighted by Crippen LogP contribution is -2.35. The highest BCUT2D eigenvalue weighted by molar-refractivity contribution is 7.07. The van der Waals surface area contributed by atoms with Crippen molar-refractivity contribution in [2.45, 2.75) is 19.6 Å². The number of carbonyl (C=O) groups excluding carboxylic acids is 1. The van der Waals surface area contributed by atoms with E-state index in [1.807, 2.05) is 40.6 Å². The van der Waals surface area contributed by atoms with E-state index in [1.165, 1.54) is 23.5 Å². The Hall–Kier alpha value is -2.77. The average molecular weight is 426 g/mol. The fourth-order valence-corrected chi connectivity index (χ4v) is 4.09. The van der Waals surface area contributed by atoms with Crippen molar-refractivity contribution in [1.82, 2.24) is 14.8 Å². The van der Waals surface area contributed by atoms with Gasteiger partial charge < -0.3 is 9.64 Å². The summed E-state index contributed by atoms with van der Waals surface area (Å²) in [5.74, 6) is 0.475. The molecular weight excluding hydrogens is 401 g/mol. The quantitative estimate of drug-likeness (QED) is 0.594. The molecule has 2 heterocycles. The Morgan fingerprint density at radius 2 is 1.97 bits per heavy atom. The summed E-state index contributed by atoms with van der Waals surface area (Å²) in [6.07, 6.45) is 0.910. The molecule has 1 amide bonds. The van der Waals surface area contributed by atoms with Crippen LogP contribution in [0.4, 0.5) is 4.39 Å². The number of thiazole rings is 1. The molecule has 0 radical (unpaired) electrons. The largest absolute Gasteiger partial charge is 0.487 e. The van der Waals surface area contributed by atoms with Crippen molar-refractivity contribution >= 4 is 17.2 Å². The summed E-state index contributed by atoms with van der Waals surface area (Å²) < 4.78 is 18.9. The van der Waals surface area contributed by atoms with Gasteiger partial charge in [-0.25, -0.2) is 9.37 Å². The number of amides is 1. The third-order valence-corrected chi connectivity index (χ3v) is 5.78. The number of hydrogen-bond acceptors (Lipinski definition) is 5.